The van der Waals surface area contributed by atoms with Crippen LogP contribution in [0.15, 0.2) is 108 Å². The number of carbonyl (C=O) groups excluding carboxylic acids is 1. The maximum Gasteiger partial charge on any atom is 0.293 e. The van der Waals surface area contributed by atoms with Gasteiger partial charge in [0.25, 0.3) is 21.6 Å². The zero-order valence-corrected chi connectivity index (χ0v) is 41.4. The lowest BCUT2D eigenvalue weighted by Crippen LogP contribution is -2.68. The Morgan fingerprint density at radius 3 is 2.51 bits per heavy atom. The summed E-state index contributed by atoms with van der Waals surface area (Å²) in [6.07, 6.45) is 8.00. The first-order valence-electron chi connectivity index (χ1n) is 24.7. The number of H-pyrrole nitrogens is 1. The molecule has 1 atom stereocenters. The molecule has 2 saturated carbocycles. The van der Waals surface area contributed by atoms with Crippen LogP contribution in [0.2, 0.25) is 0 Å². The lowest BCUT2D eigenvalue weighted by Gasteiger charge is -2.63. The molecule has 4 fully saturated rings. The summed E-state index contributed by atoms with van der Waals surface area (Å²) >= 11 is 0. The second-order valence-electron chi connectivity index (χ2n) is 21.0. The fraction of sp³-hybridized carbons (Fsp3) is 0.407. The highest BCUT2D eigenvalue weighted by Crippen LogP contribution is 2.54. The average Bonchev–Trinajstić information content (AvgIpc) is 3.80. The van der Waals surface area contributed by atoms with Gasteiger partial charge in [-0.2, -0.15) is 0 Å². The van der Waals surface area contributed by atoms with E-state index in [1.54, 1.807) is 37.4 Å². The molecule has 1 amide bonds. The lowest BCUT2D eigenvalue weighted by molar-refractivity contribution is -0.384. The van der Waals surface area contributed by atoms with Crippen molar-refractivity contribution in [2.24, 2.45) is 11.3 Å². The molecule has 72 heavy (non-hydrogen) atoms. The van der Waals surface area contributed by atoms with Gasteiger partial charge < -0.3 is 25.0 Å². The van der Waals surface area contributed by atoms with Crippen molar-refractivity contribution in [2.45, 2.75) is 94.3 Å². The van der Waals surface area contributed by atoms with E-state index in [4.69, 9.17) is 4.74 Å². The molecule has 0 unspecified atom stereocenters. The zero-order valence-electron chi connectivity index (χ0n) is 40.6. The van der Waals surface area contributed by atoms with Crippen molar-refractivity contribution in [2.75, 3.05) is 49.5 Å². The van der Waals surface area contributed by atoms with Crippen molar-refractivity contribution in [1.29, 1.82) is 0 Å². The number of nitro benzene ring substituents is 1. The van der Waals surface area contributed by atoms with Gasteiger partial charge in [-0.25, -0.2) is 26.9 Å². The van der Waals surface area contributed by atoms with Crippen molar-refractivity contribution in [3.8, 4) is 11.5 Å². The number of nitro groups is 1. The Kier molecular flexibility index (Phi) is 13.3. The summed E-state index contributed by atoms with van der Waals surface area (Å²) in [5.74, 6) is -1.73. The Bertz CT molecular complexity index is 3120. The number of anilines is 2. The van der Waals surface area contributed by atoms with Crippen LogP contribution in [0.1, 0.15) is 98.3 Å². The first-order chi connectivity index (χ1) is 34.4. The monoisotopic (exact) mass is 1000 g/mol. The Labute approximate surface area is 417 Å². The first-order valence-corrected chi connectivity index (χ1v) is 26.2. The van der Waals surface area contributed by atoms with Crippen LogP contribution in [-0.4, -0.2) is 95.0 Å². The van der Waals surface area contributed by atoms with Gasteiger partial charge in [0.2, 0.25) is 0 Å². The Morgan fingerprint density at radius 1 is 0.986 bits per heavy atom. The average molecular weight is 1000 g/mol. The molecule has 15 nitrogen and oxygen atoms in total. The predicted molar refractivity (Wildman–Crippen MR) is 271 cm³/mol. The molecule has 378 valence electrons. The van der Waals surface area contributed by atoms with Crippen molar-refractivity contribution in [1.82, 2.24) is 24.5 Å². The Hall–Kier alpha value is -6.47. The molecule has 6 aromatic rings. The van der Waals surface area contributed by atoms with E-state index in [2.05, 4.69) is 72.8 Å². The highest BCUT2D eigenvalue weighted by Gasteiger charge is 2.55. The fourth-order valence-electron chi connectivity index (χ4n) is 11.4. The molecule has 0 radical (unpaired) electrons. The number of nitrogens with one attached hydrogen (secondary N) is 3. The van der Waals surface area contributed by atoms with Crippen LogP contribution in [0.5, 0.6) is 11.5 Å². The number of pyridine rings is 1. The number of aromatic amines is 1. The maximum atomic E-state index is 14.2. The zero-order chi connectivity index (χ0) is 50.5. The van der Waals surface area contributed by atoms with Crippen LogP contribution < -0.4 is 19.7 Å². The molecule has 4 N–H and O–H groups in total. The molecule has 2 aromatic heterocycles. The van der Waals surface area contributed by atoms with Crippen LogP contribution in [0.3, 0.4) is 0 Å². The number of aliphatic hydroxyl groups is 1. The lowest BCUT2D eigenvalue weighted by atomic mass is 9.59. The molecule has 4 aliphatic rings. The molecule has 10 rings (SSSR count). The van der Waals surface area contributed by atoms with E-state index in [0.717, 1.165) is 81.1 Å². The van der Waals surface area contributed by atoms with E-state index in [-0.39, 0.29) is 34.4 Å². The van der Waals surface area contributed by atoms with Crippen LogP contribution >= 0.6 is 0 Å². The molecule has 2 aliphatic heterocycles. The number of ether oxygens (including phenoxy) is 1. The van der Waals surface area contributed by atoms with Crippen molar-refractivity contribution >= 4 is 44.0 Å². The number of benzene rings is 4. The van der Waals surface area contributed by atoms with Crippen LogP contribution in [0, 0.1) is 33.1 Å². The number of nitrogens with zero attached hydrogens (tertiary/aromatic N) is 5. The highest BCUT2D eigenvalue weighted by atomic mass is 32.2. The van der Waals surface area contributed by atoms with E-state index >= 15 is 0 Å². The molecule has 2 aliphatic carbocycles. The largest absolute Gasteiger partial charge is 0.455 e. The number of hydrogen-bond acceptors (Lipinski definition) is 12. The third-order valence-corrected chi connectivity index (χ3v) is 16.7. The molecule has 4 aromatic carbocycles. The number of fused-ring (bicyclic) bond motifs is 1. The third-order valence-electron chi connectivity index (χ3n) is 15.4. The number of carbonyl (C=O) groups is 1. The molecule has 2 saturated heterocycles. The van der Waals surface area contributed by atoms with Gasteiger partial charge in [0.1, 0.15) is 22.8 Å². The number of piperazine rings is 1. The maximum absolute atomic E-state index is 14.2. The van der Waals surface area contributed by atoms with E-state index < -0.39 is 48.7 Å². The molecular weight excluding hydrogens is 943 g/mol. The molecule has 4 heterocycles. The van der Waals surface area contributed by atoms with Crippen molar-refractivity contribution in [3.63, 3.8) is 0 Å². The topological polar surface area (TPSA) is 186 Å². The summed E-state index contributed by atoms with van der Waals surface area (Å²) in [5.41, 5.74) is 3.77. The van der Waals surface area contributed by atoms with Crippen molar-refractivity contribution < 1.29 is 36.8 Å². The summed E-state index contributed by atoms with van der Waals surface area (Å²) in [4.78, 5) is 39.8. The number of aromatic nitrogens is 2. The second kappa shape index (κ2) is 19.5. The van der Waals surface area contributed by atoms with E-state index in [1.807, 2.05) is 6.07 Å². The minimum atomic E-state index is -4.61. The number of rotatable bonds is 15. The van der Waals surface area contributed by atoms with E-state index in [1.165, 1.54) is 47.7 Å². The summed E-state index contributed by atoms with van der Waals surface area (Å²) in [6, 6.07) is 25.4. The minimum absolute atomic E-state index is 0.0638. The summed E-state index contributed by atoms with van der Waals surface area (Å²) in [6.45, 7) is 11.1. The SMILES string of the molecule is CC(C)c1ccccc1[C@@H]1CN(Cc2ccc(F)c(F)c2)CCN1C1CC2(C1)CN(c1ccc(C(=O)NS(=O)(=O)c3ccc(NCC4CCC(C)(O)CC4)c([N+](=O)[O-])c3)c(Oc3cnc4[nH]ccc4c3)c1)C2. The van der Waals surface area contributed by atoms with Crippen LogP contribution in [-0.2, 0) is 16.6 Å². The molecule has 18 heteroatoms. The summed E-state index contributed by atoms with van der Waals surface area (Å²) in [7, 11) is -4.61. The third kappa shape index (κ3) is 10.3. The van der Waals surface area contributed by atoms with Crippen molar-refractivity contribution in [3.05, 3.63) is 147 Å². The van der Waals surface area contributed by atoms with Gasteiger partial charge in [-0.3, -0.25) is 24.7 Å². The van der Waals surface area contributed by atoms with Gasteiger partial charge in [-0.1, -0.05) is 44.2 Å². The standard InChI is InChI=1S/C54H60F2N8O7S/c1-34(2)42-6-4-5-7-43(42)49-31-61(30-36-8-12-45(55)46(56)22-36)20-21-63(49)39-26-54(27-39)32-62(33-54)38-9-11-44(50(24-38)71-40-23-37-16-19-57-51(37)59-29-40)52(65)60-72(69,70)41-10-13-47(48(25-41)64(67)68)58-28-35-14-17-53(3,66)18-15-35/h4-13,16,19,22-25,29,34-35,39,49,58,66H,14-15,17-18,20-21,26-28,30-33H2,1-3H3,(H,57,59)(H,60,65)/t35?,49-,53?/m0/s1. The number of hydrogen-bond donors (Lipinski definition) is 4. The molecular formula is C54H60F2N8O7S. The summed E-state index contributed by atoms with van der Waals surface area (Å²) in [5, 5.41) is 26.4. The summed E-state index contributed by atoms with van der Waals surface area (Å²) < 4.78 is 64.1. The number of amides is 1. The normalized spacial score (nSPS) is 21.6. The minimum Gasteiger partial charge on any atom is -0.455 e. The fourth-order valence-corrected chi connectivity index (χ4v) is 12.4. The van der Waals surface area contributed by atoms with Crippen LogP contribution in [0.25, 0.3) is 11.0 Å². The van der Waals surface area contributed by atoms with Gasteiger partial charge in [-0.05, 0) is 123 Å². The van der Waals surface area contributed by atoms with Gasteiger partial charge in [-0.15, -0.1) is 0 Å². The number of sulfonamides is 1. The first kappa shape index (κ1) is 49.1. The van der Waals surface area contributed by atoms with Gasteiger partial charge in [0.15, 0.2) is 11.6 Å². The van der Waals surface area contributed by atoms with Gasteiger partial charge in [0, 0.05) is 92.7 Å². The van der Waals surface area contributed by atoms with Crippen LogP contribution in [0.4, 0.5) is 25.8 Å². The smallest absolute Gasteiger partial charge is 0.293 e. The van der Waals surface area contributed by atoms with E-state index in [9.17, 15) is 37.2 Å². The highest BCUT2D eigenvalue weighted by molar-refractivity contribution is 7.90. The molecule has 0 bridgehead atoms. The quantitative estimate of drug-likeness (QED) is 0.0565. The van der Waals surface area contributed by atoms with Gasteiger partial charge in [0.05, 0.1) is 27.2 Å². The number of halogens is 2. The second-order valence-corrected chi connectivity index (χ2v) is 22.7. The van der Waals surface area contributed by atoms with Gasteiger partial charge >= 0.3 is 0 Å². The predicted octanol–water partition coefficient (Wildman–Crippen LogP) is 9.66. The Balaban J connectivity index is 0.842. The van der Waals surface area contributed by atoms with E-state index in [0.29, 0.717) is 49.3 Å². The molecule has 1 spiro atoms. The Morgan fingerprint density at radius 2 is 1.76 bits per heavy atom.